The number of allylic oxidation sites excluding steroid dienone is 4. The van der Waals surface area contributed by atoms with E-state index in [1.165, 1.54) is 66.4 Å². The first-order valence-corrected chi connectivity index (χ1v) is 18.7. The molecule has 210 valence electrons. The first-order valence-electron chi connectivity index (χ1n) is 15.7. The number of benzene rings is 6. The molecule has 0 saturated heterocycles. The Kier molecular flexibility index (Phi) is 5.54. The van der Waals surface area contributed by atoms with E-state index in [2.05, 4.69) is 164 Å². The van der Waals surface area contributed by atoms with Crippen LogP contribution in [-0.4, -0.2) is 8.07 Å². The normalized spacial score (nSPS) is 17.3. The van der Waals surface area contributed by atoms with Crippen molar-refractivity contribution >= 4 is 69.2 Å². The molecule has 0 spiro atoms. The molecule has 1 atom stereocenters. The van der Waals surface area contributed by atoms with Gasteiger partial charge in [-0.05, 0) is 73.6 Å². The average molecular weight is 580 g/mol. The lowest BCUT2D eigenvalue weighted by atomic mass is 9.83. The van der Waals surface area contributed by atoms with Gasteiger partial charge in [-0.3, -0.25) is 0 Å². The maximum atomic E-state index is 2.61. The Morgan fingerprint density at radius 1 is 0.591 bits per heavy atom. The lowest BCUT2D eigenvalue weighted by Gasteiger charge is -2.32. The second kappa shape index (κ2) is 9.54. The number of anilines is 3. The van der Waals surface area contributed by atoms with Crippen LogP contribution in [0, 0.1) is 0 Å². The molecule has 0 aromatic heterocycles. The lowest BCUT2D eigenvalue weighted by molar-refractivity contribution is 0.870. The van der Waals surface area contributed by atoms with Gasteiger partial charge in [-0.2, -0.15) is 0 Å². The minimum atomic E-state index is -1.87. The highest BCUT2D eigenvalue weighted by Gasteiger charge is 2.38. The summed E-state index contributed by atoms with van der Waals surface area (Å²) in [5.74, 6) is 0.332. The Bertz CT molecular complexity index is 2200. The third-order valence-corrected chi connectivity index (χ3v) is 13.7. The number of fused-ring (bicyclic) bond motifs is 7. The van der Waals surface area contributed by atoms with E-state index in [1.54, 1.807) is 10.4 Å². The Balaban J connectivity index is 1.48. The van der Waals surface area contributed by atoms with E-state index in [-0.39, 0.29) is 0 Å². The van der Waals surface area contributed by atoms with Gasteiger partial charge in [0.05, 0.1) is 17.1 Å². The molecule has 1 nitrogen and oxygen atoms in total. The van der Waals surface area contributed by atoms with Crippen molar-refractivity contribution in [1.29, 1.82) is 0 Å². The molecule has 2 aliphatic heterocycles. The second-order valence-corrected chi connectivity index (χ2v) is 17.2. The molecule has 0 saturated carbocycles. The van der Waals surface area contributed by atoms with E-state index in [9.17, 15) is 0 Å². The zero-order chi connectivity index (χ0) is 29.4. The topological polar surface area (TPSA) is 3.24 Å². The summed E-state index contributed by atoms with van der Waals surface area (Å²) >= 11 is 0. The lowest BCUT2D eigenvalue weighted by Crippen LogP contribution is -2.49. The Morgan fingerprint density at radius 2 is 1.25 bits per heavy atom. The van der Waals surface area contributed by atoms with Gasteiger partial charge in [0.15, 0.2) is 0 Å². The highest BCUT2D eigenvalue weighted by Crippen LogP contribution is 2.51. The summed E-state index contributed by atoms with van der Waals surface area (Å²) in [6.07, 6.45) is 14.7. The van der Waals surface area contributed by atoms with Gasteiger partial charge in [-0.1, -0.05) is 141 Å². The van der Waals surface area contributed by atoms with Crippen LogP contribution in [0.1, 0.15) is 29.0 Å². The van der Waals surface area contributed by atoms with Gasteiger partial charge in [0.25, 0.3) is 0 Å². The van der Waals surface area contributed by atoms with Gasteiger partial charge in [0, 0.05) is 16.7 Å². The van der Waals surface area contributed by atoms with Crippen LogP contribution in [0.2, 0.25) is 13.1 Å². The molecule has 3 aliphatic rings. The first-order chi connectivity index (χ1) is 21.6. The van der Waals surface area contributed by atoms with Gasteiger partial charge in [-0.15, -0.1) is 0 Å². The van der Waals surface area contributed by atoms with E-state index >= 15 is 0 Å². The molecular formula is C42H33NSi. The molecule has 0 bridgehead atoms. The van der Waals surface area contributed by atoms with Crippen molar-refractivity contribution in [2.45, 2.75) is 25.4 Å². The fourth-order valence-electron chi connectivity index (χ4n) is 8.03. The van der Waals surface area contributed by atoms with Crippen LogP contribution in [0.5, 0.6) is 0 Å². The Morgan fingerprint density at radius 3 is 1.98 bits per heavy atom. The zero-order valence-corrected chi connectivity index (χ0v) is 26.1. The van der Waals surface area contributed by atoms with Crippen LogP contribution in [0.3, 0.4) is 0 Å². The van der Waals surface area contributed by atoms with Crippen LogP contribution in [0.25, 0.3) is 44.8 Å². The summed E-state index contributed by atoms with van der Waals surface area (Å²) in [5, 5.41) is 8.47. The van der Waals surface area contributed by atoms with Crippen molar-refractivity contribution in [2.24, 2.45) is 0 Å². The van der Waals surface area contributed by atoms with Gasteiger partial charge in [-0.25, -0.2) is 0 Å². The molecule has 6 aromatic carbocycles. The molecule has 0 amide bonds. The van der Waals surface area contributed by atoms with E-state index in [0.29, 0.717) is 5.92 Å². The van der Waals surface area contributed by atoms with Crippen LogP contribution >= 0.6 is 0 Å². The molecule has 9 rings (SSSR count). The van der Waals surface area contributed by atoms with Gasteiger partial charge < -0.3 is 4.90 Å². The predicted octanol–water partition coefficient (Wildman–Crippen LogP) is 10.3. The number of hydrogen-bond donors (Lipinski definition) is 0. The summed E-state index contributed by atoms with van der Waals surface area (Å²) in [5.41, 5.74) is 10.4. The monoisotopic (exact) mass is 579 g/mol. The molecule has 0 N–H and O–H groups in total. The molecule has 2 heteroatoms. The fourth-order valence-corrected chi connectivity index (χ4v) is 11.1. The van der Waals surface area contributed by atoms with Crippen molar-refractivity contribution in [3.05, 3.63) is 150 Å². The molecular weight excluding hydrogens is 547 g/mol. The van der Waals surface area contributed by atoms with Crippen LogP contribution < -0.4 is 15.3 Å². The van der Waals surface area contributed by atoms with Gasteiger partial charge in [0.2, 0.25) is 0 Å². The van der Waals surface area contributed by atoms with Crippen molar-refractivity contribution in [3.8, 4) is 11.1 Å². The molecule has 44 heavy (non-hydrogen) atoms. The Labute approximate surface area is 260 Å². The summed E-state index contributed by atoms with van der Waals surface area (Å²) < 4.78 is 0. The van der Waals surface area contributed by atoms with E-state index < -0.39 is 8.07 Å². The summed E-state index contributed by atoms with van der Waals surface area (Å²) in [4.78, 5) is 2.55. The first kappa shape index (κ1) is 25.6. The third kappa shape index (κ3) is 3.58. The highest BCUT2D eigenvalue weighted by molar-refractivity contribution is 7.04. The number of para-hydroxylation sites is 2. The summed E-state index contributed by atoms with van der Waals surface area (Å²) in [7, 11) is -1.87. The summed E-state index contributed by atoms with van der Waals surface area (Å²) in [6.45, 7) is 5.06. The fraction of sp³-hybridized carbons (Fsp3) is 0.0952. The third-order valence-electron chi connectivity index (χ3n) is 10.1. The number of hydrogen-bond acceptors (Lipinski definition) is 1. The smallest absolute Gasteiger partial charge is 0.113 e. The van der Waals surface area contributed by atoms with Crippen molar-refractivity contribution < 1.29 is 0 Å². The van der Waals surface area contributed by atoms with Crippen LogP contribution in [0.15, 0.2) is 133 Å². The number of nitrogens with zero attached hydrogens (tertiary/aromatic N) is 1. The van der Waals surface area contributed by atoms with E-state index in [1.807, 2.05) is 0 Å². The second-order valence-electron chi connectivity index (χ2n) is 12.9. The minimum Gasteiger partial charge on any atom is -0.308 e. The highest BCUT2D eigenvalue weighted by atomic mass is 28.3. The molecule has 6 aromatic rings. The van der Waals surface area contributed by atoms with E-state index in [4.69, 9.17) is 0 Å². The average Bonchev–Trinajstić information content (AvgIpc) is 3.18. The summed E-state index contributed by atoms with van der Waals surface area (Å²) in [6, 6.07) is 41.2. The SMILES string of the molecule is C[Si]1(C)c2ccccc2-c2cc3c(N4c5ccccc5C=Cc5ccccc54)c4ccccc4c(C4C=CC=CC4)c3cc21. The van der Waals surface area contributed by atoms with Crippen molar-refractivity contribution in [3.63, 3.8) is 0 Å². The van der Waals surface area contributed by atoms with Crippen LogP contribution in [-0.2, 0) is 0 Å². The molecule has 0 fully saturated rings. The number of rotatable bonds is 2. The zero-order valence-electron chi connectivity index (χ0n) is 25.1. The van der Waals surface area contributed by atoms with Gasteiger partial charge >= 0.3 is 0 Å². The predicted molar refractivity (Wildman–Crippen MR) is 193 cm³/mol. The maximum absolute atomic E-state index is 2.61. The Hall–Kier alpha value is -4.92. The largest absolute Gasteiger partial charge is 0.308 e. The minimum absolute atomic E-state index is 0.332. The van der Waals surface area contributed by atoms with Crippen LogP contribution in [0.4, 0.5) is 17.1 Å². The molecule has 2 heterocycles. The van der Waals surface area contributed by atoms with Gasteiger partial charge in [0.1, 0.15) is 8.07 Å². The van der Waals surface area contributed by atoms with E-state index in [0.717, 1.165) is 6.42 Å². The maximum Gasteiger partial charge on any atom is 0.113 e. The molecule has 1 aliphatic carbocycles. The van der Waals surface area contributed by atoms with Crippen molar-refractivity contribution in [1.82, 2.24) is 0 Å². The quantitative estimate of drug-likeness (QED) is 0.145. The molecule has 1 unspecified atom stereocenters. The molecule has 0 radical (unpaired) electrons. The van der Waals surface area contributed by atoms with Crippen molar-refractivity contribution in [2.75, 3.05) is 4.90 Å². The standard InChI is InChI=1S/C42H33NSi/c1-44(2)39-23-13-10-18-31(39)34-26-36-35(27-40(34)44)41(30-16-4-3-5-17-30)32-19-8-9-20-33(32)42(36)43-37-21-11-6-14-28(37)24-25-29-15-7-12-22-38(29)43/h3-16,18-27,30H,17H2,1-2H3.